The van der Waals surface area contributed by atoms with E-state index >= 15 is 0 Å². The average molecular weight is 572 g/mol. The quantitative estimate of drug-likeness (QED) is 0.243. The Labute approximate surface area is 233 Å². The van der Waals surface area contributed by atoms with Gasteiger partial charge in [0.2, 0.25) is 17.7 Å². The molecule has 1 aromatic heterocycles. The van der Waals surface area contributed by atoms with Crippen LogP contribution in [-0.4, -0.2) is 45.7 Å². The van der Waals surface area contributed by atoms with Crippen LogP contribution >= 0.6 is 34.5 Å². The van der Waals surface area contributed by atoms with E-state index < -0.39 is 41.3 Å². The number of nitrogens with zero attached hydrogens (tertiary/aromatic N) is 3. The predicted molar refractivity (Wildman–Crippen MR) is 144 cm³/mol. The van der Waals surface area contributed by atoms with Gasteiger partial charge in [0.15, 0.2) is 5.41 Å². The standard InChI is InChI=1S/C27H23Cl2N3O5S/c1-26(2,3)37-22(34)13-31-20-8-7-17(29)10-19(20)27(24(31)35)11-21(33)32(25(27)36)12-18-14-38-23(30-18)15-5-4-6-16(28)9-15/h4-10,14H,11-13H2,1-3H3. The van der Waals surface area contributed by atoms with Crippen LogP contribution in [0.3, 0.4) is 0 Å². The van der Waals surface area contributed by atoms with Crippen LogP contribution in [0.5, 0.6) is 0 Å². The fourth-order valence-electron chi connectivity index (χ4n) is 4.78. The molecular formula is C27H23Cl2N3O5S. The summed E-state index contributed by atoms with van der Waals surface area (Å²) < 4.78 is 5.40. The Hall–Kier alpha value is -3.27. The van der Waals surface area contributed by atoms with Gasteiger partial charge in [-0.1, -0.05) is 35.3 Å². The molecule has 196 valence electrons. The molecule has 0 saturated carbocycles. The Kier molecular flexibility index (Phi) is 6.57. The molecule has 5 rings (SSSR count). The largest absolute Gasteiger partial charge is 0.459 e. The highest BCUT2D eigenvalue weighted by Crippen LogP contribution is 2.49. The number of hydrogen-bond acceptors (Lipinski definition) is 7. The van der Waals surface area contributed by atoms with Crippen LogP contribution < -0.4 is 4.90 Å². The van der Waals surface area contributed by atoms with Crippen molar-refractivity contribution in [1.82, 2.24) is 9.88 Å². The summed E-state index contributed by atoms with van der Waals surface area (Å²) in [5.74, 6) is -2.46. The molecule has 1 atom stereocenters. The van der Waals surface area contributed by atoms with E-state index in [1.54, 1.807) is 50.4 Å². The van der Waals surface area contributed by atoms with Crippen LogP contribution in [0.25, 0.3) is 10.6 Å². The Morgan fingerprint density at radius 3 is 2.47 bits per heavy atom. The number of fused-ring (bicyclic) bond motifs is 2. The van der Waals surface area contributed by atoms with Crippen molar-refractivity contribution in [2.24, 2.45) is 0 Å². The molecule has 1 spiro atoms. The van der Waals surface area contributed by atoms with Crippen LogP contribution in [0.1, 0.15) is 38.4 Å². The molecule has 2 aromatic carbocycles. The monoisotopic (exact) mass is 571 g/mol. The molecule has 1 saturated heterocycles. The van der Waals surface area contributed by atoms with Gasteiger partial charge in [-0.2, -0.15) is 0 Å². The molecule has 1 fully saturated rings. The van der Waals surface area contributed by atoms with E-state index in [2.05, 4.69) is 4.98 Å². The zero-order chi connectivity index (χ0) is 27.4. The minimum Gasteiger partial charge on any atom is -0.459 e. The number of thiazole rings is 1. The van der Waals surface area contributed by atoms with Gasteiger partial charge in [0, 0.05) is 32.2 Å². The molecule has 3 aromatic rings. The Morgan fingerprint density at radius 2 is 1.76 bits per heavy atom. The highest BCUT2D eigenvalue weighted by atomic mass is 35.5. The highest BCUT2D eigenvalue weighted by molar-refractivity contribution is 7.13. The second-order valence-electron chi connectivity index (χ2n) is 10.2. The third kappa shape index (κ3) is 4.59. The Balaban J connectivity index is 1.45. The number of hydrogen-bond donors (Lipinski definition) is 0. The predicted octanol–water partition coefficient (Wildman–Crippen LogP) is 5.00. The van der Waals surface area contributed by atoms with E-state index in [4.69, 9.17) is 27.9 Å². The van der Waals surface area contributed by atoms with Gasteiger partial charge in [-0.15, -0.1) is 11.3 Å². The van der Waals surface area contributed by atoms with Crippen molar-refractivity contribution in [3.63, 3.8) is 0 Å². The molecule has 0 N–H and O–H groups in total. The maximum absolute atomic E-state index is 13.9. The average Bonchev–Trinajstić information content (AvgIpc) is 3.46. The number of amides is 3. The van der Waals surface area contributed by atoms with Crippen molar-refractivity contribution in [3.05, 3.63) is 69.1 Å². The summed E-state index contributed by atoms with van der Waals surface area (Å²) in [6.07, 6.45) is -0.367. The summed E-state index contributed by atoms with van der Waals surface area (Å²) in [5, 5.41) is 3.32. The molecule has 1 unspecified atom stereocenters. The third-order valence-corrected chi connectivity index (χ3v) is 7.71. The molecule has 3 amide bonds. The van der Waals surface area contributed by atoms with Crippen molar-refractivity contribution in [2.75, 3.05) is 11.4 Å². The third-order valence-electron chi connectivity index (χ3n) is 6.30. The van der Waals surface area contributed by atoms with Crippen molar-refractivity contribution in [1.29, 1.82) is 0 Å². The van der Waals surface area contributed by atoms with Crippen LogP contribution in [0.4, 0.5) is 5.69 Å². The van der Waals surface area contributed by atoms with Gasteiger partial charge in [0.25, 0.3) is 0 Å². The van der Waals surface area contributed by atoms with Crippen LogP contribution in [0, 0.1) is 0 Å². The maximum atomic E-state index is 13.9. The first kappa shape index (κ1) is 26.3. The lowest BCUT2D eigenvalue weighted by atomic mass is 9.80. The van der Waals surface area contributed by atoms with Crippen molar-refractivity contribution in [3.8, 4) is 10.6 Å². The first-order chi connectivity index (χ1) is 17.9. The Morgan fingerprint density at radius 1 is 1.05 bits per heavy atom. The summed E-state index contributed by atoms with van der Waals surface area (Å²) in [6.45, 7) is 4.67. The molecule has 3 heterocycles. The van der Waals surface area contributed by atoms with Gasteiger partial charge < -0.3 is 4.74 Å². The van der Waals surface area contributed by atoms with E-state index in [-0.39, 0.29) is 13.0 Å². The Bertz CT molecular complexity index is 1500. The molecule has 8 nitrogen and oxygen atoms in total. The SMILES string of the molecule is CC(C)(C)OC(=O)CN1C(=O)C2(CC(=O)N(Cc3csc(-c4cccc(Cl)c4)n3)C2=O)c2cc(Cl)ccc21. The van der Waals surface area contributed by atoms with Gasteiger partial charge in [0.05, 0.1) is 18.7 Å². The molecule has 2 aliphatic rings. The fourth-order valence-corrected chi connectivity index (χ4v) is 5.95. The smallest absolute Gasteiger partial charge is 0.326 e. The summed E-state index contributed by atoms with van der Waals surface area (Å²) in [7, 11) is 0. The van der Waals surface area contributed by atoms with Crippen molar-refractivity contribution < 1.29 is 23.9 Å². The zero-order valence-corrected chi connectivity index (χ0v) is 23.1. The van der Waals surface area contributed by atoms with Crippen molar-refractivity contribution >= 4 is 63.9 Å². The number of rotatable bonds is 5. The number of carbonyl (C=O) groups is 4. The molecule has 2 aliphatic heterocycles. The number of imide groups is 1. The second kappa shape index (κ2) is 9.48. The molecular weight excluding hydrogens is 549 g/mol. The summed E-state index contributed by atoms with van der Waals surface area (Å²) in [4.78, 5) is 60.3. The number of carbonyl (C=O) groups excluding carboxylic acids is 4. The van der Waals surface area contributed by atoms with E-state index in [1.807, 2.05) is 12.1 Å². The lowest BCUT2D eigenvalue weighted by Crippen LogP contribution is -2.48. The van der Waals surface area contributed by atoms with Gasteiger partial charge in [-0.25, -0.2) is 4.98 Å². The summed E-state index contributed by atoms with van der Waals surface area (Å²) >= 11 is 13.7. The molecule has 11 heteroatoms. The second-order valence-corrected chi connectivity index (χ2v) is 11.9. The van der Waals surface area contributed by atoms with Gasteiger partial charge in [0.1, 0.15) is 17.2 Å². The first-order valence-corrected chi connectivity index (χ1v) is 13.4. The fraction of sp³-hybridized carbons (Fsp3) is 0.296. The minimum absolute atomic E-state index is 0.0915. The lowest BCUT2D eigenvalue weighted by Gasteiger charge is -2.24. The van der Waals surface area contributed by atoms with Gasteiger partial charge >= 0.3 is 5.97 Å². The molecule has 0 bridgehead atoms. The maximum Gasteiger partial charge on any atom is 0.326 e. The van der Waals surface area contributed by atoms with Crippen LogP contribution in [-0.2, 0) is 35.9 Å². The van der Waals surface area contributed by atoms with Crippen molar-refractivity contribution in [2.45, 2.75) is 44.8 Å². The van der Waals surface area contributed by atoms with E-state index in [0.29, 0.717) is 32.0 Å². The highest BCUT2D eigenvalue weighted by Gasteiger charge is 2.64. The number of likely N-dealkylation sites (tertiary alicyclic amines) is 1. The van der Waals surface area contributed by atoms with Gasteiger partial charge in [-0.05, 0) is 51.1 Å². The van der Waals surface area contributed by atoms with Crippen LogP contribution in [0.15, 0.2) is 47.8 Å². The zero-order valence-electron chi connectivity index (χ0n) is 20.8. The lowest BCUT2D eigenvalue weighted by molar-refractivity contribution is -0.154. The minimum atomic E-state index is -1.80. The number of halogens is 2. The number of anilines is 1. The topological polar surface area (TPSA) is 96.9 Å². The molecule has 0 radical (unpaired) electrons. The number of ether oxygens (including phenoxy) is 1. The van der Waals surface area contributed by atoms with Gasteiger partial charge in [-0.3, -0.25) is 29.0 Å². The summed E-state index contributed by atoms with van der Waals surface area (Å²) in [6, 6.07) is 11.9. The number of benzene rings is 2. The van der Waals surface area contributed by atoms with E-state index in [9.17, 15) is 19.2 Å². The molecule has 0 aliphatic carbocycles. The van der Waals surface area contributed by atoms with E-state index in [1.165, 1.54) is 22.3 Å². The first-order valence-electron chi connectivity index (χ1n) is 11.8. The number of aromatic nitrogens is 1. The number of esters is 1. The van der Waals surface area contributed by atoms with E-state index in [0.717, 1.165) is 10.5 Å². The van der Waals surface area contributed by atoms with Crippen LogP contribution in [0.2, 0.25) is 10.0 Å². The molecule has 38 heavy (non-hydrogen) atoms. The normalized spacial score (nSPS) is 19.0. The summed E-state index contributed by atoms with van der Waals surface area (Å²) in [5.41, 5.74) is -0.580.